The molecule has 4 aliphatic rings. The van der Waals surface area contributed by atoms with Gasteiger partial charge in [-0.15, -0.1) is 0 Å². The molecule has 6 heterocycles. The summed E-state index contributed by atoms with van der Waals surface area (Å²) < 4.78 is 5.64. The normalized spacial score (nSPS) is 17.8. The molecule has 0 bridgehead atoms. The van der Waals surface area contributed by atoms with E-state index in [0.717, 1.165) is 76.2 Å². The van der Waals surface area contributed by atoms with Crippen molar-refractivity contribution in [3.05, 3.63) is 107 Å². The molecule has 0 saturated carbocycles. The van der Waals surface area contributed by atoms with Gasteiger partial charge in [-0.1, -0.05) is 36.1 Å². The number of nitrogens with zero attached hydrogens (tertiary/aromatic N) is 3. The second kappa shape index (κ2) is 16.2. The van der Waals surface area contributed by atoms with Gasteiger partial charge in [-0.05, 0) is 89.7 Å². The molecular weight excluding hydrogens is 747 g/mol. The zero-order chi connectivity index (χ0) is 40.5. The van der Waals surface area contributed by atoms with Crippen LogP contribution in [0.5, 0.6) is 0 Å². The number of carbonyl (C=O) groups is 5. The van der Waals surface area contributed by atoms with Crippen molar-refractivity contribution in [3.8, 4) is 34.2 Å². The van der Waals surface area contributed by atoms with E-state index in [2.05, 4.69) is 62.4 Å². The van der Waals surface area contributed by atoms with Gasteiger partial charge in [-0.2, -0.15) is 0 Å². The molecular formula is C46H41N7O6. The van der Waals surface area contributed by atoms with Crippen LogP contribution < -0.4 is 21.3 Å². The number of benzene rings is 3. The molecule has 3 aromatic carbocycles. The maximum absolute atomic E-state index is 13.1. The van der Waals surface area contributed by atoms with Crippen molar-refractivity contribution in [1.29, 1.82) is 0 Å². The van der Waals surface area contributed by atoms with Gasteiger partial charge in [0.05, 0.1) is 17.1 Å². The molecule has 4 aliphatic heterocycles. The Bertz CT molecular complexity index is 2610. The summed E-state index contributed by atoms with van der Waals surface area (Å²) in [5.74, 6) is 5.19. The number of aromatic nitrogens is 2. The first-order valence-electron chi connectivity index (χ1n) is 20.0. The highest BCUT2D eigenvalue weighted by molar-refractivity contribution is 6.07. The first-order chi connectivity index (χ1) is 28.8. The minimum Gasteiger partial charge on any atom is -0.382 e. The third-order valence-corrected chi connectivity index (χ3v) is 11.5. The number of amides is 5. The first kappa shape index (κ1) is 37.7. The first-order valence-corrected chi connectivity index (χ1v) is 20.0. The van der Waals surface area contributed by atoms with Crippen LogP contribution in [0.4, 0.5) is 11.4 Å². The Balaban J connectivity index is 0.864. The van der Waals surface area contributed by atoms with E-state index in [9.17, 15) is 24.0 Å². The number of carbonyl (C=O) groups excluding carboxylic acids is 5. The molecule has 0 radical (unpaired) electrons. The summed E-state index contributed by atoms with van der Waals surface area (Å²) in [6, 6.07) is 20.7. The maximum atomic E-state index is 13.1. The number of hydrogen-bond acceptors (Lipinski definition) is 9. The van der Waals surface area contributed by atoms with Crippen LogP contribution in [-0.2, 0) is 25.7 Å². The van der Waals surface area contributed by atoms with Crippen LogP contribution in [0.2, 0.25) is 0 Å². The number of hydrogen-bond donors (Lipinski definition) is 4. The van der Waals surface area contributed by atoms with Gasteiger partial charge in [0.2, 0.25) is 17.7 Å². The van der Waals surface area contributed by atoms with Gasteiger partial charge in [-0.25, -0.2) is 0 Å². The summed E-state index contributed by atoms with van der Waals surface area (Å²) >= 11 is 0. The molecule has 0 aliphatic carbocycles. The third kappa shape index (κ3) is 7.62. The lowest BCUT2D eigenvalue weighted by Gasteiger charge is -2.29. The van der Waals surface area contributed by atoms with Gasteiger partial charge >= 0.3 is 0 Å². The Kier molecular flexibility index (Phi) is 10.3. The van der Waals surface area contributed by atoms with Gasteiger partial charge in [0.15, 0.2) is 0 Å². The number of piperidine rings is 1. The molecule has 296 valence electrons. The quantitative estimate of drug-likeness (QED) is 0.0939. The number of nitrogens with one attached hydrogen (secondary N) is 4. The van der Waals surface area contributed by atoms with Crippen LogP contribution >= 0.6 is 0 Å². The van der Waals surface area contributed by atoms with Crippen molar-refractivity contribution in [2.75, 3.05) is 36.9 Å². The number of anilines is 2. The van der Waals surface area contributed by atoms with E-state index in [1.54, 1.807) is 24.4 Å². The standard InChI is InChI=1S/C46H41N7O6/c54-41-13-12-40(45(57)52-41)53-26-36-28(6-3-9-33(36)46(53)58)5-1-2-17-48-44(56)37-11-10-30(24-49-37)38-22-29-7-4-8-32(35(29)25-50-38)34-21-31(27-15-19-59-20-16-27)23-39-43(34)47-18-14-42(55)51-39/h3-4,6-11,21-25,27,40,47H,2,12-20,26H2,(H,48,56)(H,51,55)(H,52,54,57). The number of ether oxygens (including phenoxy) is 1. The lowest BCUT2D eigenvalue weighted by Crippen LogP contribution is -2.52. The molecule has 59 heavy (non-hydrogen) atoms. The topological polar surface area (TPSA) is 172 Å². The van der Waals surface area contributed by atoms with Crippen molar-refractivity contribution >= 4 is 51.7 Å². The van der Waals surface area contributed by atoms with Crippen LogP contribution in [-0.4, -0.2) is 76.7 Å². The Morgan fingerprint density at radius 1 is 0.864 bits per heavy atom. The van der Waals surface area contributed by atoms with E-state index in [1.807, 2.05) is 30.5 Å². The fraction of sp³-hybridized carbons (Fsp3) is 0.283. The summed E-state index contributed by atoms with van der Waals surface area (Å²) in [7, 11) is 0. The van der Waals surface area contributed by atoms with Crippen LogP contribution in [0, 0.1) is 11.8 Å². The Hall–Kier alpha value is -6.91. The Morgan fingerprint density at radius 3 is 2.53 bits per heavy atom. The van der Waals surface area contributed by atoms with Crippen molar-refractivity contribution in [1.82, 2.24) is 25.5 Å². The molecule has 13 nitrogen and oxygen atoms in total. The van der Waals surface area contributed by atoms with Crippen molar-refractivity contribution in [2.45, 2.75) is 57.0 Å². The number of imide groups is 1. The molecule has 5 aromatic rings. The van der Waals surface area contributed by atoms with Crippen molar-refractivity contribution in [2.24, 2.45) is 0 Å². The summed E-state index contributed by atoms with van der Waals surface area (Å²) in [5, 5.41) is 13.8. The predicted molar refractivity (Wildman–Crippen MR) is 221 cm³/mol. The van der Waals surface area contributed by atoms with Crippen LogP contribution in [0.15, 0.2) is 79.1 Å². The zero-order valence-corrected chi connectivity index (χ0v) is 32.2. The molecule has 13 heteroatoms. The van der Waals surface area contributed by atoms with Gasteiger partial charge in [0, 0.05) is 92.1 Å². The highest BCUT2D eigenvalue weighted by Crippen LogP contribution is 2.43. The number of fused-ring (bicyclic) bond motifs is 3. The summed E-state index contributed by atoms with van der Waals surface area (Å²) in [5.41, 5.74) is 8.63. The van der Waals surface area contributed by atoms with Gasteiger partial charge < -0.3 is 25.6 Å². The third-order valence-electron chi connectivity index (χ3n) is 11.5. The monoisotopic (exact) mass is 787 g/mol. The lowest BCUT2D eigenvalue weighted by molar-refractivity contribution is -0.137. The maximum Gasteiger partial charge on any atom is 0.269 e. The number of rotatable bonds is 7. The van der Waals surface area contributed by atoms with Crippen molar-refractivity contribution < 1.29 is 28.7 Å². The second-order valence-corrected chi connectivity index (χ2v) is 15.2. The van der Waals surface area contributed by atoms with Crippen LogP contribution in [0.3, 0.4) is 0 Å². The van der Waals surface area contributed by atoms with E-state index < -0.39 is 11.9 Å². The van der Waals surface area contributed by atoms with Crippen LogP contribution in [0.1, 0.15) is 82.0 Å². The summed E-state index contributed by atoms with van der Waals surface area (Å²) in [6.45, 7) is 2.52. The molecule has 0 spiro atoms. The second-order valence-electron chi connectivity index (χ2n) is 15.2. The fourth-order valence-corrected chi connectivity index (χ4v) is 8.38. The van der Waals surface area contributed by atoms with E-state index in [1.165, 1.54) is 10.5 Å². The molecule has 2 fully saturated rings. The van der Waals surface area contributed by atoms with Crippen molar-refractivity contribution in [3.63, 3.8) is 0 Å². The molecule has 9 rings (SSSR count). The highest BCUT2D eigenvalue weighted by Gasteiger charge is 2.39. The van der Waals surface area contributed by atoms with E-state index in [0.29, 0.717) is 49.4 Å². The van der Waals surface area contributed by atoms with Crippen LogP contribution in [0.25, 0.3) is 33.2 Å². The summed E-state index contributed by atoms with van der Waals surface area (Å²) in [6.07, 6.45) is 6.63. The lowest BCUT2D eigenvalue weighted by atomic mass is 9.87. The average Bonchev–Trinajstić information content (AvgIpc) is 3.46. The van der Waals surface area contributed by atoms with Gasteiger partial charge in [-0.3, -0.25) is 39.3 Å². The smallest absolute Gasteiger partial charge is 0.269 e. The minimum atomic E-state index is -0.693. The Labute approximate surface area is 340 Å². The van der Waals surface area contributed by atoms with E-state index >= 15 is 0 Å². The predicted octanol–water partition coefficient (Wildman–Crippen LogP) is 5.54. The highest BCUT2D eigenvalue weighted by atomic mass is 16.5. The average molecular weight is 788 g/mol. The van der Waals surface area contributed by atoms with E-state index in [4.69, 9.17) is 9.72 Å². The number of pyridine rings is 2. The summed E-state index contributed by atoms with van der Waals surface area (Å²) in [4.78, 5) is 73.5. The molecule has 2 saturated heterocycles. The fourth-order valence-electron chi connectivity index (χ4n) is 8.38. The largest absolute Gasteiger partial charge is 0.382 e. The van der Waals surface area contributed by atoms with Gasteiger partial charge in [0.25, 0.3) is 11.8 Å². The SMILES string of the molecule is O=C1CCC(N2Cc3c(C#CCCNC(=O)c4ccc(-c5cc6cccc(-c7cc(C8CCOCC8)cc8c7NCCC(=O)N8)c6cn5)cn4)cccc3C2=O)C(=O)N1. The minimum absolute atomic E-state index is 0.00663. The zero-order valence-electron chi connectivity index (χ0n) is 32.2. The Morgan fingerprint density at radius 2 is 1.69 bits per heavy atom. The molecule has 4 N–H and O–H groups in total. The van der Waals surface area contributed by atoms with Gasteiger partial charge in [0.1, 0.15) is 11.7 Å². The molecule has 5 amide bonds. The molecule has 1 unspecified atom stereocenters. The molecule has 2 aromatic heterocycles. The molecule has 1 atom stereocenters. The van der Waals surface area contributed by atoms with E-state index in [-0.39, 0.29) is 42.3 Å².